The molecule has 120 valence electrons. The lowest BCUT2D eigenvalue weighted by atomic mass is 9.83. The van der Waals surface area contributed by atoms with Crippen LogP contribution in [0.3, 0.4) is 0 Å². The molecule has 4 fully saturated rings. The molecule has 2 saturated heterocycles. The van der Waals surface area contributed by atoms with Gasteiger partial charge in [0.1, 0.15) is 0 Å². The molecule has 0 aromatic carbocycles. The molecule has 1 atom stereocenters. The molecule has 0 bridgehead atoms. The second kappa shape index (κ2) is 5.82. The number of nitrogens with one attached hydrogen (secondary N) is 1. The molecule has 21 heavy (non-hydrogen) atoms. The Balaban J connectivity index is 1.39. The van der Waals surface area contributed by atoms with Crippen molar-refractivity contribution in [1.29, 1.82) is 0 Å². The van der Waals surface area contributed by atoms with Gasteiger partial charge >= 0.3 is 0 Å². The van der Waals surface area contributed by atoms with Crippen LogP contribution in [0.1, 0.15) is 70.6 Å². The quantitative estimate of drug-likeness (QED) is 0.846. The van der Waals surface area contributed by atoms with Crippen LogP contribution in [-0.2, 0) is 4.74 Å². The van der Waals surface area contributed by atoms with Gasteiger partial charge in [0.25, 0.3) is 0 Å². The van der Waals surface area contributed by atoms with Crippen LogP contribution in [0.2, 0.25) is 0 Å². The zero-order valence-corrected chi connectivity index (χ0v) is 13.5. The molecule has 0 aromatic rings. The first-order valence-corrected chi connectivity index (χ1v) is 9.44. The van der Waals surface area contributed by atoms with Gasteiger partial charge in [-0.15, -0.1) is 0 Å². The Bertz CT molecular complexity index is 358. The highest BCUT2D eigenvalue weighted by Crippen LogP contribution is 2.43. The third-order valence-corrected chi connectivity index (χ3v) is 6.75. The standard InChI is InChI=1S/C18H32N2O/c1-2-9-18(10-3-1)11-6-16(21-18)14-20-13-12-19-15-17(20)7-4-5-8-17/h16,19H,1-15H2. The van der Waals surface area contributed by atoms with E-state index in [0.29, 0.717) is 17.2 Å². The maximum Gasteiger partial charge on any atom is 0.0710 e. The maximum absolute atomic E-state index is 6.63. The number of rotatable bonds is 2. The Morgan fingerprint density at radius 2 is 1.71 bits per heavy atom. The minimum atomic E-state index is 0.291. The lowest BCUT2D eigenvalue weighted by Crippen LogP contribution is -2.61. The van der Waals surface area contributed by atoms with Gasteiger partial charge in [-0.2, -0.15) is 0 Å². The van der Waals surface area contributed by atoms with Crippen LogP contribution >= 0.6 is 0 Å². The largest absolute Gasteiger partial charge is 0.370 e. The maximum atomic E-state index is 6.63. The van der Waals surface area contributed by atoms with Crippen molar-refractivity contribution in [3.63, 3.8) is 0 Å². The summed E-state index contributed by atoms with van der Waals surface area (Å²) in [6.07, 6.45) is 15.7. The first-order chi connectivity index (χ1) is 10.3. The van der Waals surface area contributed by atoms with Gasteiger partial charge in [0.15, 0.2) is 0 Å². The van der Waals surface area contributed by atoms with E-state index in [4.69, 9.17) is 4.74 Å². The Kier molecular flexibility index (Phi) is 4.01. The minimum absolute atomic E-state index is 0.291. The van der Waals surface area contributed by atoms with E-state index in [1.54, 1.807) is 0 Å². The third-order valence-electron chi connectivity index (χ3n) is 6.75. The number of piperazine rings is 1. The summed E-state index contributed by atoms with van der Waals surface area (Å²) in [4.78, 5) is 2.81. The summed E-state index contributed by atoms with van der Waals surface area (Å²) in [7, 11) is 0. The van der Waals surface area contributed by atoms with Crippen molar-refractivity contribution in [3.8, 4) is 0 Å². The van der Waals surface area contributed by atoms with E-state index in [0.717, 1.165) is 0 Å². The van der Waals surface area contributed by atoms with Gasteiger partial charge < -0.3 is 10.1 Å². The van der Waals surface area contributed by atoms with Crippen LogP contribution in [0.15, 0.2) is 0 Å². The summed E-state index contributed by atoms with van der Waals surface area (Å²) in [6.45, 7) is 4.81. The molecule has 4 rings (SSSR count). The van der Waals surface area contributed by atoms with Gasteiger partial charge in [0, 0.05) is 31.7 Å². The predicted molar refractivity (Wildman–Crippen MR) is 85.6 cm³/mol. The fraction of sp³-hybridized carbons (Fsp3) is 1.00. The highest BCUT2D eigenvalue weighted by molar-refractivity contribution is 5.01. The van der Waals surface area contributed by atoms with Crippen LogP contribution in [0.4, 0.5) is 0 Å². The van der Waals surface area contributed by atoms with Gasteiger partial charge in [0.2, 0.25) is 0 Å². The molecule has 0 radical (unpaired) electrons. The molecule has 1 unspecified atom stereocenters. The highest BCUT2D eigenvalue weighted by atomic mass is 16.5. The molecule has 2 aliphatic heterocycles. The van der Waals surface area contributed by atoms with E-state index in [9.17, 15) is 0 Å². The number of hydrogen-bond acceptors (Lipinski definition) is 3. The molecule has 2 heterocycles. The zero-order valence-electron chi connectivity index (χ0n) is 13.5. The number of nitrogens with zero attached hydrogens (tertiary/aromatic N) is 1. The van der Waals surface area contributed by atoms with Gasteiger partial charge in [-0.25, -0.2) is 0 Å². The Labute approximate surface area is 129 Å². The normalized spacial score (nSPS) is 35.7. The van der Waals surface area contributed by atoms with Crippen molar-refractivity contribution in [3.05, 3.63) is 0 Å². The smallest absolute Gasteiger partial charge is 0.0710 e. The molecular weight excluding hydrogens is 260 g/mol. The van der Waals surface area contributed by atoms with Crippen molar-refractivity contribution < 1.29 is 4.74 Å². The van der Waals surface area contributed by atoms with Crippen LogP contribution < -0.4 is 5.32 Å². The zero-order chi connectivity index (χ0) is 14.2. The fourth-order valence-electron chi connectivity index (χ4n) is 5.53. The summed E-state index contributed by atoms with van der Waals surface area (Å²) in [5.74, 6) is 0. The first-order valence-electron chi connectivity index (χ1n) is 9.44. The number of hydrogen-bond donors (Lipinski definition) is 1. The van der Waals surface area contributed by atoms with Crippen molar-refractivity contribution in [2.75, 3.05) is 26.2 Å². The second-order valence-corrected chi connectivity index (χ2v) is 8.08. The molecule has 2 aliphatic carbocycles. The van der Waals surface area contributed by atoms with Gasteiger partial charge in [0.05, 0.1) is 11.7 Å². The van der Waals surface area contributed by atoms with E-state index >= 15 is 0 Å². The third kappa shape index (κ3) is 2.77. The molecule has 1 N–H and O–H groups in total. The van der Waals surface area contributed by atoms with E-state index in [1.165, 1.54) is 96.8 Å². The monoisotopic (exact) mass is 292 g/mol. The van der Waals surface area contributed by atoms with Gasteiger partial charge in [-0.05, 0) is 38.5 Å². The SMILES string of the molecule is C1CCC2(CC1)CCC(CN1CCNCC13CCCC3)O2. The van der Waals surface area contributed by atoms with E-state index in [1.807, 2.05) is 0 Å². The average Bonchev–Trinajstić information content (AvgIpc) is 3.12. The summed E-state index contributed by atoms with van der Waals surface area (Å²) >= 11 is 0. The molecular formula is C18H32N2O. The summed E-state index contributed by atoms with van der Waals surface area (Å²) < 4.78 is 6.63. The van der Waals surface area contributed by atoms with Crippen LogP contribution in [0, 0.1) is 0 Å². The minimum Gasteiger partial charge on any atom is -0.370 e. The molecule has 0 aromatic heterocycles. The predicted octanol–water partition coefficient (Wildman–Crippen LogP) is 3.09. The van der Waals surface area contributed by atoms with Crippen molar-refractivity contribution in [2.24, 2.45) is 0 Å². The lowest BCUT2D eigenvalue weighted by molar-refractivity contribution is -0.0836. The summed E-state index contributed by atoms with van der Waals surface area (Å²) in [5, 5.41) is 3.65. The van der Waals surface area contributed by atoms with Gasteiger partial charge in [-0.3, -0.25) is 4.90 Å². The Hall–Kier alpha value is -0.120. The fourth-order valence-corrected chi connectivity index (χ4v) is 5.53. The lowest BCUT2D eigenvalue weighted by Gasteiger charge is -2.46. The summed E-state index contributed by atoms with van der Waals surface area (Å²) in [6, 6.07) is 0. The molecule has 2 saturated carbocycles. The van der Waals surface area contributed by atoms with Gasteiger partial charge in [-0.1, -0.05) is 32.1 Å². The van der Waals surface area contributed by atoms with Crippen LogP contribution in [0.25, 0.3) is 0 Å². The molecule has 0 amide bonds. The molecule has 3 nitrogen and oxygen atoms in total. The highest BCUT2D eigenvalue weighted by Gasteiger charge is 2.45. The van der Waals surface area contributed by atoms with E-state index in [-0.39, 0.29) is 0 Å². The molecule has 4 aliphatic rings. The van der Waals surface area contributed by atoms with E-state index in [2.05, 4.69) is 10.2 Å². The first kappa shape index (κ1) is 14.5. The second-order valence-electron chi connectivity index (χ2n) is 8.08. The Morgan fingerprint density at radius 1 is 0.952 bits per heavy atom. The van der Waals surface area contributed by atoms with Crippen molar-refractivity contribution in [2.45, 2.75) is 87.9 Å². The number of ether oxygens (including phenoxy) is 1. The molecule has 3 heteroatoms. The van der Waals surface area contributed by atoms with Crippen molar-refractivity contribution in [1.82, 2.24) is 10.2 Å². The van der Waals surface area contributed by atoms with E-state index < -0.39 is 0 Å². The van der Waals surface area contributed by atoms with Crippen LogP contribution in [0.5, 0.6) is 0 Å². The average molecular weight is 292 g/mol. The van der Waals surface area contributed by atoms with Crippen LogP contribution in [-0.4, -0.2) is 48.3 Å². The molecule has 2 spiro atoms. The van der Waals surface area contributed by atoms with Crippen molar-refractivity contribution >= 4 is 0 Å². The topological polar surface area (TPSA) is 24.5 Å². The Morgan fingerprint density at radius 3 is 2.52 bits per heavy atom. The summed E-state index contributed by atoms with van der Waals surface area (Å²) in [5.41, 5.74) is 0.768.